The van der Waals surface area contributed by atoms with Gasteiger partial charge in [-0.2, -0.15) is 0 Å². The van der Waals surface area contributed by atoms with Gasteiger partial charge in [-0.3, -0.25) is 4.98 Å². The highest BCUT2D eigenvalue weighted by Crippen LogP contribution is 2.19. The number of hydrogen-bond acceptors (Lipinski definition) is 3. The lowest BCUT2D eigenvalue weighted by Crippen LogP contribution is -2.26. The van der Waals surface area contributed by atoms with Crippen molar-refractivity contribution in [3.8, 4) is 0 Å². The maximum atomic E-state index is 5.87. The molecule has 2 rings (SSSR count). The number of pyridine rings is 1. The summed E-state index contributed by atoms with van der Waals surface area (Å²) in [4.78, 5) is 8.78. The van der Waals surface area contributed by atoms with Crippen LogP contribution in [0.15, 0.2) is 30.7 Å². The van der Waals surface area contributed by atoms with Crippen molar-refractivity contribution in [2.24, 2.45) is 7.05 Å². The first-order valence-corrected chi connectivity index (χ1v) is 6.42. The SMILES string of the molecule is CCCNC(c1ccc(Cl)cn1)c1nccn1C. The van der Waals surface area contributed by atoms with Crippen molar-refractivity contribution in [1.82, 2.24) is 19.9 Å². The number of aromatic nitrogens is 3. The van der Waals surface area contributed by atoms with Crippen LogP contribution in [-0.4, -0.2) is 21.1 Å². The highest BCUT2D eigenvalue weighted by Gasteiger charge is 2.18. The molecule has 0 spiro atoms. The van der Waals surface area contributed by atoms with Crippen LogP contribution in [0.2, 0.25) is 5.02 Å². The average molecular weight is 265 g/mol. The van der Waals surface area contributed by atoms with Gasteiger partial charge in [0.05, 0.1) is 10.7 Å². The van der Waals surface area contributed by atoms with Crippen molar-refractivity contribution in [1.29, 1.82) is 0 Å². The van der Waals surface area contributed by atoms with E-state index in [2.05, 4.69) is 22.2 Å². The van der Waals surface area contributed by atoms with Crippen LogP contribution in [0.1, 0.15) is 30.9 Å². The van der Waals surface area contributed by atoms with Gasteiger partial charge in [-0.25, -0.2) is 4.98 Å². The molecule has 0 aliphatic heterocycles. The summed E-state index contributed by atoms with van der Waals surface area (Å²) in [6.45, 7) is 3.06. The van der Waals surface area contributed by atoms with Gasteiger partial charge in [-0.05, 0) is 25.1 Å². The van der Waals surface area contributed by atoms with E-state index in [1.807, 2.05) is 29.9 Å². The van der Waals surface area contributed by atoms with Gasteiger partial charge in [0.15, 0.2) is 0 Å². The fourth-order valence-corrected chi connectivity index (χ4v) is 1.94. The standard InChI is InChI=1S/C13H17ClN4/c1-3-6-15-12(13-16-7-8-18(13)2)11-5-4-10(14)9-17-11/h4-5,7-9,12,15H,3,6H2,1-2H3. The predicted octanol–water partition coefficient (Wildman–Crippen LogP) is 2.56. The summed E-state index contributed by atoms with van der Waals surface area (Å²) in [5.74, 6) is 0.957. The molecule has 0 aliphatic rings. The van der Waals surface area contributed by atoms with Gasteiger partial charge >= 0.3 is 0 Å². The molecule has 5 heteroatoms. The zero-order valence-corrected chi connectivity index (χ0v) is 11.4. The van der Waals surface area contributed by atoms with E-state index in [0.717, 1.165) is 24.5 Å². The van der Waals surface area contributed by atoms with Gasteiger partial charge in [-0.1, -0.05) is 18.5 Å². The third-order valence-electron chi connectivity index (χ3n) is 2.76. The molecule has 0 fully saturated rings. The highest BCUT2D eigenvalue weighted by molar-refractivity contribution is 6.30. The van der Waals surface area contributed by atoms with Gasteiger partial charge in [0.1, 0.15) is 11.9 Å². The lowest BCUT2D eigenvalue weighted by molar-refractivity contribution is 0.545. The van der Waals surface area contributed by atoms with Crippen LogP contribution in [0.3, 0.4) is 0 Å². The first kappa shape index (κ1) is 13.1. The number of rotatable bonds is 5. The molecule has 0 saturated carbocycles. The number of imidazole rings is 1. The molecule has 1 N–H and O–H groups in total. The molecule has 0 bridgehead atoms. The van der Waals surface area contributed by atoms with Crippen LogP contribution in [0.25, 0.3) is 0 Å². The normalized spacial score (nSPS) is 12.6. The van der Waals surface area contributed by atoms with E-state index in [0.29, 0.717) is 5.02 Å². The Bertz CT molecular complexity index is 492. The summed E-state index contributed by atoms with van der Waals surface area (Å²) < 4.78 is 2.00. The van der Waals surface area contributed by atoms with E-state index in [4.69, 9.17) is 11.6 Å². The quantitative estimate of drug-likeness (QED) is 0.903. The van der Waals surface area contributed by atoms with E-state index in [9.17, 15) is 0 Å². The minimum Gasteiger partial charge on any atom is -0.336 e. The van der Waals surface area contributed by atoms with Crippen molar-refractivity contribution >= 4 is 11.6 Å². The summed E-state index contributed by atoms with van der Waals surface area (Å²) in [6, 6.07) is 3.79. The summed E-state index contributed by atoms with van der Waals surface area (Å²) in [5, 5.41) is 4.11. The Kier molecular flexibility index (Phi) is 4.33. The van der Waals surface area contributed by atoms with E-state index in [1.54, 1.807) is 12.4 Å². The van der Waals surface area contributed by atoms with Crippen molar-refractivity contribution < 1.29 is 0 Å². The third-order valence-corrected chi connectivity index (χ3v) is 2.98. The minimum absolute atomic E-state index is 0.00205. The van der Waals surface area contributed by atoms with E-state index >= 15 is 0 Å². The van der Waals surface area contributed by atoms with E-state index < -0.39 is 0 Å². The molecule has 4 nitrogen and oxygen atoms in total. The monoisotopic (exact) mass is 264 g/mol. The number of hydrogen-bond donors (Lipinski definition) is 1. The van der Waals surface area contributed by atoms with Gasteiger partial charge in [0.25, 0.3) is 0 Å². The Morgan fingerprint density at radius 1 is 1.39 bits per heavy atom. The predicted molar refractivity (Wildman–Crippen MR) is 72.6 cm³/mol. The van der Waals surface area contributed by atoms with Crippen LogP contribution in [0.5, 0.6) is 0 Å². The zero-order chi connectivity index (χ0) is 13.0. The second-order valence-corrected chi connectivity index (χ2v) is 4.62. The molecule has 0 radical (unpaired) electrons. The fourth-order valence-electron chi connectivity index (χ4n) is 1.83. The average Bonchev–Trinajstić information content (AvgIpc) is 2.78. The largest absolute Gasteiger partial charge is 0.336 e. The van der Waals surface area contributed by atoms with E-state index in [1.165, 1.54) is 0 Å². The number of halogens is 1. The molecule has 18 heavy (non-hydrogen) atoms. The molecule has 2 heterocycles. The lowest BCUT2D eigenvalue weighted by Gasteiger charge is -2.17. The molecule has 96 valence electrons. The second-order valence-electron chi connectivity index (χ2n) is 4.18. The minimum atomic E-state index is 0.00205. The third kappa shape index (κ3) is 2.89. The van der Waals surface area contributed by atoms with Crippen LogP contribution in [-0.2, 0) is 7.05 Å². The molecular weight excluding hydrogens is 248 g/mol. The van der Waals surface area contributed by atoms with Gasteiger partial charge in [0, 0.05) is 25.6 Å². The first-order chi connectivity index (χ1) is 8.72. The molecule has 0 saturated heterocycles. The van der Waals surface area contributed by atoms with Crippen molar-refractivity contribution in [2.45, 2.75) is 19.4 Å². The second kappa shape index (κ2) is 5.98. The fraction of sp³-hybridized carbons (Fsp3) is 0.385. The van der Waals surface area contributed by atoms with E-state index in [-0.39, 0.29) is 6.04 Å². The molecular formula is C13H17ClN4. The topological polar surface area (TPSA) is 42.7 Å². The molecule has 1 unspecified atom stereocenters. The van der Waals surface area contributed by atoms with Crippen molar-refractivity contribution in [3.05, 3.63) is 47.3 Å². The smallest absolute Gasteiger partial charge is 0.131 e. The van der Waals surface area contributed by atoms with Crippen molar-refractivity contribution in [3.63, 3.8) is 0 Å². The lowest BCUT2D eigenvalue weighted by atomic mass is 10.1. The van der Waals surface area contributed by atoms with Gasteiger partial charge in [-0.15, -0.1) is 0 Å². The summed E-state index contributed by atoms with van der Waals surface area (Å²) in [6.07, 6.45) is 6.47. The Balaban J connectivity index is 2.30. The van der Waals surface area contributed by atoms with Crippen LogP contribution in [0, 0.1) is 0 Å². The summed E-state index contributed by atoms with van der Waals surface area (Å²) in [7, 11) is 1.98. The Hall–Kier alpha value is -1.39. The summed E-state index contributed by atoms with van der Waals surface area (Å²) >= 11 is 5.87. The highest BCUT2D eigenvalue weighted by atomic mass is 35.5. The zero-order valence-electron chi connectivity index (χ0n) is 10.6. The van der Waals surface area contributed by atoms with Crippen LogP contribution < -0.4 is 5.32 Å². The maximum absolute atomic E-state index is 5.87. The Morgan fingerprint density at radius 3 is 2.78 bits per heavy atom. The first-order valence-electron chi connectivity index (χ1n) is 6.04. The molecule has 0 aliphatic carbocycles. The van der Waals surface area contributed by atoms with Crippen LogP contribution in [0.4, 0.5) is 0 Å². The molecule has 1 atom stereocenters. The molecule has 2 aromatic rings. The number of nitrogens with one attached hydrogen (secondary N) is 1. The molecule has 0 aromatic carbocycles. The van der Waals surface area contributed by atoms with Crippen LogP contribution >= 0.6 is 11.6 Å². The number of nitrogens with zero attached hydrogens (tertiary/aromatic N) is 3. The van der Waals surface area contributed by atoms with Gasteiger partial charge < -0.3 is 9.88 Å². The van der Waals surface area contributed by atoms with Gasteiger partial charge in [0.2, 0.25) is 0 Å². The number of aryl methyl sites for hydroxylation is 1. The molecule has 0 amide bonds. The van der Waals surface area contributed by atoms with Crippen molar-refractivity contribution in [2.75, 3.05) is 6.54 Å². The Morgan fingerprint density at radius 2 is 2.22 bits per heavy atom. The molecule has 2 aromatic heterocycles. The maximum Gasteiger partial charge on any atom is 0.131 e. The summed E-state index contributed by atoms with van der Waals surface area (Å²) in [5.41, 5.74) is 0.933. The Labute approximate surface area is 112 Å².